The summed E-state index contributed by atoms with van der Waals surface area (Å²) in [5, 5.41) is 2.95. The summed E-state index contributed by atoms with van der Waals surface area (Å²) in [6.07, 6.45) is 0. The van der Waals surface area contributed by atoms with Gasteiger partial charge < -0.3 is 15.8 Å². The highest BCUT2D eigenvalue weighted by Gasteiger charge is 2.16. The van der Waals surface area contributed by atoms with Gasteiger partial charge in [-0.05, 0) is 39.0 Å². The highest BCUT2D eigenvalue weighted by molar-refractivity contribution is 9.10. The number of nitrogens with one attached hydrogen (secondary N) is 1. The van der Waals surface area contributed by atoms with Gasteiger partial charge in [-0.25, -0.2) is 0 Å². The van der Waals surface area contributed by atoms with Gasteiger partial charge in [0, 0.05) is 4.47 Å². The van der Waals surface area contributed by atoms with Crippen molar-refractivity contribution in [3.63, 3.8) is 0 Å². The van der Waals surface area contributed by atoms with E-state index < -0.39 is 5.60 Å². The summed E-state index contributed by atoms with van der Waals surface area (Å²) in [5.74, 6) is -0.308. The largest absolute Gasteiger partial charge is 0.459 e. The number of hydrogen-bond acceptors (Lipinski definition) is 4. The van der Waals surface area contributed by atoms with Gasteiger partial charge in [0.15, 0.2) is 0 Å². The highest BCUT2D eigenvalue weighted by atomic mass is 79.9. The zero-order chi connectivity index (χ0) is 13.1. The first-order chi connectivity index (χ1) is 7.78. The number of esters is 1. The molecule has 3 N–H and O–H groups in total. The second-order valence-corrected chi connectivity index (χ2v) is 5.59. The maximum atomic E-state index is 11.5. The molecule has 0 atom stereocenters. The van der Waals surface area contributed by atoms with Crippen LogP contribution in [0, 0.1) is 0 Å². The lowest BCUT2D eigenvalue weighted by Gasteiger charge is -2.20. The van der Waals surface area contributed by atoms with Crippen molar-refractivity contribution in [2.75, 3.05) is 17.6 Å². The number of nitrogens with two attached hydrogens (primary N) is 1. The molecule has 5 heteroatoms. The predicted molar refractivity (Wildman–Crippen MR) is 72.9 cm³/mol. The van der Waals surface area contributed by atoms with Crippen molar-refractivity contribution >= 4 is 33.3 Å². The molecule has 0 aromatic heterocycles. The Hall–Kier alpha value is -1.23. The topological polar surface area (TPSA) is 64.3 Å². The Balaban J connectivity index is 2.56. The van der Waals surface area contributed by atoms with Crippen LogP contribution in [0.15, 0.2) is 22.7 Å². The number of benzene rings is 1. The van der Waals surface area contributed by atoms with Gasteiger partial charge >= 0.3 is 5.97 Å². The van der Waals surface area contributed by atoms with Crippen LogP contribution in [0.1, 0.15) is 20.8 Å². The lowest BCUT2D eigenvalue weighted by molar-refractivity contribution is -0.152. The van der Waals surface area contributed by atoms with Crippen LogP contribution in [0.5, 0.6) is 0 Å². The van der Waals surface area contributed by atoms with E-state index in [2.05, 4.69) is 21.2 Å². The quantitative estimate of drug-likeness (QED) is 0.665. The van der Waals surface area contributed by atoms with Crippen molar-refractivity contribution < 1.29 is 9.53 Å². The van der Waals surface area contributed by atoms with Crippen molar-refractivity contribution in [1.82, 2.24) is 0 Å². The monoisotopic (exact) mass is 300 g/mol. The minimum atomic E-state index is -0.471. The number of rotatable bonds is 3. The standard InChI is InChI=1S/C12H17BrN2O2/c1-12(2,3)17-11(16)7-15-10-6-8(13)4-5-9(10)14/h4-6,15H,7,14H2,1-3H3. The number of anilines is 2. The lowest BCUT2D eigenvalue weighted by Crippen LogP contribution is -2.28. The van der Waals surface area contributed by atoms with E-state index in [1.165, 1.54) is 0 Å². The predicted octanol–water partition coefficient (Wildman–Crippen LogP) is 2.78. The van der Waals surface area contributed by atoms with E-state index in [0.29, 0.717) is 11.4 Å². The van der Waals surface area contributed by atoms with Gasteiger partial charge in [-0.1, -0.05) is 15.9 Å². The Morgan fingerprint density at radius 3 is 2.71 bits per heavy atom. The van der Waals surface area contributed by atoms with Crippen LogP contribution in [0.3, 0.4) is 0 Å². The summed E-state index contributed by atoms with van der Waals surface area (Å²) in [6, 6.07) is 5.43. The summed E-state index contributed by atoms with van der Waals surface area (Å²) < 4.78 is 6.08. The van der Waals surface area contributed by atoms with E-state index in [1.54, 1.807) is 6.07 Å². The second-order valence-electron chi connectivity index (χ2n) is 4.67. The number of halogens is 1. The van der Waals surface area contributed by atoms with Crippen LogP contribution >= 0.6 is 15.9 Å². The third kappa shape index (κ3) is 5.08. The average Bonchev–Trinajstić information content (AvgIpc) is 2.17. The van der Waals surface area contributed by atoms with E-state index in [1.807, 2.05) is 32.9 Å². The molecule has 0 radical (unpaired) electrons. The molecule has 0 heterocycles. The molecule has 0 spiro atoms. The smallest absolute Gasteiger partial charge is 0.325 e. The van der Waals surface area contributed by atoms with Gasteiger partial charge in [-0.15, -0.1) is 0 Å². The summed E-state index contributed by atoms with van der Waals surface area (Å²) >= 11 is 3.34. The molecule has 1 rings (SSSR count). The molecule has 0 unspecified atom stereocenters. The Kier molecular flexibility index (Phi) is 4.40. The van der Waals surface area contributed by atoms with E-state index in [0.717, 1.165) is 4.47 Å². The highest BCUT2D eigenvalue weighted by Crippen LogP contribution is 2.23. The van der Waals surface area contributed by atoms with Crippen LogP contribution in [0.2, 0.25) is 0 Å². The minimum Gasteiger partial charge on any atom is -0.459 e. The number of nitrogen functional groups attached to an aromatic ring is 1. The molecule has 4 nitrogen and oxygen atoms in total. The average molecular weight is 301 g/mol. The summed E-state index contributed by atoms with van der Waals surface area (Å²) in [5.41, 5.74) is 6.60. The number of carbonyl (C=O) groups excluding carboxylic acids is 1. The van der Waals surface area contributed by atoms with Gasteiger partial charge in [-0.2, -0.15) is 0 Å². The maximum absolute atomic E-state index is 11.5. The second kappa shape index (κ2) is 5.40. The first-order valence-corrected chi connectivity index (χ1v) is 6.08. The van der Waals surface area contributed by atoms with Gasteiger partial charge in [0.1, 0.15) is 12.1 Å². The van der Waals surface area contributed by atoms with Gasteiger partial charge in [0.2, 0.25) is 0 Å². The Bertz CT molecular complexity index is 413. The maximum Gasteiger partial charge on any atom is 0.325 e. The molecule has 0 bridgehead atoms. The van der Waals surface area contributed by atoms with Crippen molar-refractivity contribution in [2.45, 2.75) is 26.4 Å². The first kappa shape index (κ1) is 13.8. The molecular formula is C12H17BrN2O2. The van der Waals surface area contributed by atoms with Crippen LogP contribution in [-0.2, 0) is 9.53 Å². The summed E-state index contributed by atoms with van der Waals surface area (Å²) in [4.78, 5) is 11.5. The van der Waals surface area contributed by atoms with Gasteiger partial charge in [0.05, 0.1) is 11.4 Å². The van der Waals surface area contributed by atoms with Crippen molar-refractivity contribution in [3.8, 4) is 0 Å². The van der Waals surface area contributed by atoms with Gasteiger partial charge in [0.25, 0.3) is 0 Å². The molecular weight excluding hydrogens is 284 g/mol. The van der Waals surface area contributed by atoms with Gasteiger partial charge in [-0.3, -0.25) is 4.79 Å². The fourth-order valence-corrected chi connectivity index (χ4v) is 1.59. The van der Waals surface area contributed by atoms with E-state index in [4.69, 9.17) is 10.5 Å². The minimum absolute atomic E-state index is 0.0952. The zero-order valence-electron chi connectivity index (χ0n) is 10.2. The van der Waals surface area contributed by atoms with Crippen LogP contribution in [-0.4, -0.2) is 18.1 Å². The molecule has 0 saturated heterocycles. The molecule has 1 aromatic rings. The molecule has 0 saturated carbocycles. The fourth-order valence-electron chi connectivity index (χ4n) is 1.23. The molecule has 0 aliphatic carbocycles. The number of hydrogen-bond donors (Lipinski definition) is 2. The number of ether oxygens (including phenoxy) is 1. The number of carbonyl (C=O) groups is 1. The molecule has 0 amide bonds. The van der Waals surface area contributed by atoms with Crippen molar-refractivity contribution in [1.29, 1.82) is 0 Å². The summed E-state index contributed by atoms with van der Waals surface area (Å²) in [7, 11) is 0. The molecule has 0 aliphatic rings. The third-order valence-corrected chi connectivity index (χ3v) is 2.35. The first-order valence-electron chi connectivity index (χ1n) is 5.29. The molecule has 17 heavy (non-hydrogen) atoms. The van der Waals surface area contributed by atoms with Crippen molar-refractivity contribution in [3.05, 3.63) is 22.7 Å². The lowest BCUT2D eigenvalue weighted by atomic mass is 10.2. The van der Waals surface area contributed by atoms with E-state index in [9.17, 15) is 4.79 Å². The van der Waals surface area contributed by atoms with E-state index >= 15 is 0 Å². The Morgan fingerprint density at radius 1 is 1.47 bits per heavy atom. The van der Waals surface area contributed by atoms with Crippen LogP contribution in [0.25, 0.3) is 0 Å². The summed E-state index contributed by atoms with van der Waals surface area (Å²) in [6.45, 7) is 5.59. The molecule has 94 valence electrons. The van der Waals surface area contributed by atoms with Crippen LogP contribution < -0.4 is 11.1 Å². The molecule has 0 fully saturated rings. The third-order valence-electron chi connectivity index (χ3n) is 1.86. The van der Waals surface area contributed by atoms with E-state index in [-0.39, 0.29) is 12.5 Å². The van der Waals surface area contributed by atoms with Crippen LogP contribution in [0.4, 0.5) is 11.4 Å². The molecule has 0 aliphatic heterocycles. The normalized spacial score (nSPS) is 11.1. The Labute approximate surface area is 110 Å². The fraction of sp³-hybridized carbons (Fsp3) is 0.417. The molecule has 1 aromatic carbocycles. The zero-order valence-corrected chi connectivity index (χ0v) is 11.8. The van der Waals surface area contributed by atoms with Crippen molar-refractivity contribution in [2.24, 2.45) is 0 Å². The SMILES string of the molecule is CC(C)(C)OC(=O)CNc1cc(Br)ccc1N. The Morgan fingerprint density at radius 2 is 2.12 bits per heavy atom.